The first kappa shape index (κ1) is 15.6. The van der Waals surface area contributed by atoms with E-state index in [1.165, 1.54) is 0 Å². The van der Waals surface area contributed by atoms with E-state index in [-0.39, 0.29) is 5.91 Å². The molecule has 0 spiro atoms. The summed E-state index contributed by atoms with van der Waals surface area (Å²) in [5.41, 5.74) is 1.77. The van der Waals surface area contributed by atoms with Crippen LogP contribution in [0.3, 0.4) is 0 Å². The van der Waals surface area contributed by atoms with Crippen LogP contribution in [-0.4, -0.2) is 41.8 Å². The Morgan fingerprint density at radius 1 is 1.40 bits per heavy atom. The monoisotopic (exact) mass is 291 g/mol. The van der Waals surface area contributed by atoms with E-state index < -0.39 is 12.1 Å². The van der Waals surface area contributed by atoms with E-state index in [1.807, 2.05) is 29.5 Å². The lowest BCUT2D eigenvalue weighted by molar-refractivity contribution is -0.192. The number of hydrogen-bond donors (Lipinski definition) is 3. The van der Waals surface area contributed by atoms with Crippen molar-refractivity contribution in [3.05, 3.63) is 35.8 Å². The average molecular weight is 291 g/mol. The summed E-state index contributed by atoms with van der Waals surface area (Å²) in [6.07, 6.45) is 2.41. The Labute approximate surface area is 112 Å². The summed E-state index contributed by atoms with van der Waals surface area (Å²) in [5, 5.41) is 12.8. The molecule has 0 radical (unpaired) electrons. The second kappa shape index (κ2) is 6.13. The first-order valence-corrected chi connectivity index (χ1v) is 5.38. The molecule has 0 aromatic rings. The molecule has 3 N–H and O–H groups in total. The first-order chi connectivity index (χ1) is 9.25. The molecule has 0 fully saturated rings. The summed E-state index contributed by atoms with van der Waals surface area (Å²) >= 11 is 0. The molecule has 0 bridgehead atoms. The Morgan fingerprint density at radius 3 is 2.50 bits per heavy atom. The molecule has 6 nitrogen and oxygen atoms in total. The number of alkyl halides is 3. The number of nitrogens with zero attached hydrogens (tertiary/aromatic N) is 1. The zero-order valence-electron chi connectivity index (χ0n) is 10.4. The molecule has 0 aromatic carbocycles. The van der Waals surface area contributed by atoms with Crippen LogP contribution < -0.4 is 10.6 Å². The molecule has 0 aliphatic carbocycles. The van der Waals surface area contributed by atoms with E-state index in [0.717, 1.165) is 12.4 Å². The van der Waals surface area contributed by atoms with Crippen LogP contribution in [0.2, 0.25) is 0 Å². The summed E-state index contributed by atoms with van der Waals surface area (Å²) in [5.74, 6) is -2.81. The molecule has 2 aliphatic rings. The fourth-order valence-corrected chi connectivity index (χ4v) is 1.35. The Hall–Kier alpha value is -2.45. The number of carboxylic acid groups (broad SMARTS) is 1. The Kier molecular flexibility index (Phi) is 4.78. The quantitative estimate of drug-likeness (QED) is 0.656. The maximum atomic E-state index is 11.3. The van der Waals surface area contributed by atoms with Gasteiger partial charge in [0.15, 0.2) is 0 Å². The van der Waals surface area contributed by atoms with Crippen LogP contribution in [0, 0.1) is 0 Å². The molecule has 0 unspecified atom stereocenters. The minimum Gasteiger partial charge on any atom is -0.475 e. The minimum atomic E-state index is -5.08. The summed E-state index contributed by atoms with van der Waals surface area (Å²) in [6.45, 7) is 0.736. The summed E-state index contributed by atoms with van der Waals surface area (Å²) in [4.78, 5) is 22.1. The molecule has 0 atom stereocenters. The van der Waals surface area contributed by atoms with Gasteiger partial charge >= 0.3 is 12.1 Å². The van der Waals surface area contributed by atoms with Gasteiger partial charge in [0, 0.05) is 19.4 Å². The van der Waals surface area contributed by atoms with Crippen LogP contribution in [0.5, 0.6) is 0 Å². The van der Waals surface area contributed by atoms with Crippen LogP contribution >= 0.6 is 0 Å². The van der Waals surface area contributed by atoms with E-state index in [4.69, 9.17) is 9.90 Å². The highest BCUT2D eigenvalue weighted by molar-refractivity contribution is 5.96. The van der Waals surface area contributed by atoms with Crippen molar-refractivity contribution in [2.45, 2.75) is 6.18 Å². The molecule has 1 amide bonds. The fraction of sp³-hybridized carbons (Fsp3) is 0.273. The third-order valence-electron chi connectivity index (χ3n) is 2.30. The average Bonchev–Trinajstić information content (AvgIpc) is 2.84. The van der Waals surface area contributed by atoms with Gasteiger partial charge in [-0.05, 0) is 12.2 Å². The van der Waals surface area contributed by atoms with Gasteiger partial charge in [-0.15, -0.1) is 0 Å². The van der Waals surface area contributed by atoms with E-state index in [0.29, 0.717) is 5.57 Å². The van der Waals surface area contributed by atoms with E-state index in [1.54, 1.807) is 7.05 Å². The van der Waals surface area contributed by atoms with Crippen LogP contribution in [0.4, 0.5) is 13.2 Å². The topological polar surface area (TPSA) is 81.7 Å². The fourth-order valence-electron chi connectivity index (χ4n) is 1.35. The number of rotatable bonds is 1. The number of carbonyl (C=O) groups is 2. The highest BCUT2D eigenvalue weighted by Crippen LogP contribution is 2.18. The highest BCUT2D eigenvalue weighted by atomic mass is 19.4. The van der Waals surface area contributed by atoms with Gasteiger partial charge in [-0.25, -0.2) is 4.79 Å². The number of fused-ring (bicyclic) bond motifs is 1. The van der Waals surface area contributed by atoms with Gasteiger partial charge in [0.1, 0.15) is 0 Å². The van der Waals surface area contributed by atoms with Crippen molar-refractivity contribution in [2.75, 3.05) is 13.7 Å². The normalized spacial score (nSPS) is 16.1. The smallest absolute Gasteiger partial charge is 0.475 e. The van der Waals surface area contributed by atoms with Gasteiger partial charge < -0.3 is 20.6 Å². The summed E-state index contributed by atoms with van der Waals surface area (Å²) < 4.78 is 31.7. The van der Waals surface area contributed by atoms with E-state index >= 15 is 0 Å². The lowest BCUT2D eigenvalue weighted by Gasteiger charge is -2.18. The second-order valence-corrected chi connectivity index (χ2v) is 3.70. The Morgan fingerprint density at radius 2 is 2.00 bits per heavy atom. The largest absolute Gasteiger partial charge is 0.490 e. The molecule has 2 heterocycles. The second-order valence-electron chi connectivity index (χ2n) is 3.70. The number of hydrogen-bond acceptors (Lipinski definition) is 4. The molecular weight excluding hydrogens is 279 g/mol. The van der Waals surface area contributed by atoms with Crippen molar-refractivity contribution < 1.29 is 27.9 Å². The summed E-state index contributed by atoms with van der Waals surface area (Å²) in [6, 6.07) is 0. The Balaban J connectivity index is 0.000000246. The van der Waals surface area contributed by atoms with Crippen LogP contribution in [0.15, 0.2) is 35.8 Å². The van der Waals surface area contributed by atoms with Crippen molar-refractivity contribution in [1.82, 2.24) is 15.5 Å². The van der Waals surface area contributed by atoms with Crippen LogP contribution in [0.25, 0.3) is 0 Å². The molecular formula is C11H12F3N3O3. The van der Waals surface area contributed by atoms with Gasteiger partial charge in [-0.3, -0.25) is 4.79 Å². The number of carbonyl (C=O) groups excluding carboxylic acids is 1. The number of carboxylic acids is 1. The van der Waals surface area contributed by atoms with Gasteiger partial charge in [-0.1, -0.05) is 0 Å². The predicted octanol–water partition coefficient (Wildman–Crippen LogP) is 0.523. The van der Waals surface area contributed by atoms with E-state index in [9.17, 15) is 18.0 Å². The highest BCUT2D eigenvalue weighted by Gasteiger charge is 2.38. The van der Waals surface area contributed by atoms with Crippen molar-refractivity contribution in [2.24, 2.45) is 0 Å². The molecule has 9 heteroatoms. The number of nitrogens with one attached hydrogen (secondary N) is 2. The molecule has 2 rings (SSSR count). The lowest BCUT2D eigenvalue weighted by atomic mass is 10.2. The standard InChI is InChI=1S/C9H11N3O.C2HF3O2/c1-10-9(13)7-2-3-8-4-11-6-12(8)5-7;3-2(4,5)1(6)7/h2-5,11H,6H2,1H3,(H,10,13);(H,6,7). The number of allylic oxidation sites excluding steroid dienone is 1. The van der Waals surface area contributed by atoms with Crippen molar-refractivity contribution in [3.8, 4) is 0 Å². The third-order valence-corrected chi connectivity index (χ3v) is 2.30. The number of likely N-dealkylation sites (N-methyl/N-ethyl adjacent to an activating group) is 1. The molecule has 0 saturated carbocycles. The first-order valence-electron chi connectivity index (χ1n) is 5.38. The third kappa shape index (κ3) is 4.04. The van der Waals surface area contributed by atoms with Crippen molar-refractivity contribution >= 4 is 11.9 Å². The summed E-state index contributed by atoms with van der Waals surface area (Å²) in [7, 11) is 1.63. The van der Waals surface area contributed by atoms with Crippen LogP contribution in [-0.2, 0) is 9.59 Å². The Bertz CT molecular complexity index is 495. The minimum absolute atomic E-state index is 0.0535. The van der Waals surface area contributed by atoms with E-state index in [2.05, 4.69) is 10.6 Å². The van der Waals surface area contributed by atoms with Crippen molar-refractivity contribution in [1.29, 1.82) is 0 Å². The molecule has 0 saturated heterocycles. The molecule has 2 aliphatic heterocycles. The maximum Gasteiger partial charge on any atom is 0.490 e. The maximum absolute atomic E-state index is 11.3. The van der Waals surface area contributed by atoms with Gasteiger partial charge in [-0.2, -0.15) is 13.2 Å². The number of aliphatic carboxylic acids is 1. The van der Waals surface area contributed by atoms with Gasteiger partial charge in [0.2, 0.25) is 0 Å². The molecule has 0 aromatic heterocycles. The molecule has 20 heavy (non-hydrogen) atoms. The lowest BCUT2D eigenvalue weighted by Crippen LogP contribution is -2.25. The van der Waals surface area contributed by atoms with Crippen LogP contribution in [0.1, 0.15) is 0 Å². The van der Waals surface area contributed by atoms with Gasteiger partial charge in [0.25, 0.3) is 5.91 Å². The zero-order chi connectivity index (χ0) is 15.3. The van der Waals surface area contributed by atoms with Crippen molar-refractivity contribution in [3.63, 3.8) is 0 Å². The molecule has 110 valence electrons. The zero-order valence-corrected chi connectivity index (χ0v) is 10.4. The predicted molar refractivity (Wildman–Crippen MR) is 62.9 cm³/mol. The van der Waals surface area contributed by atoms with Gasteiger partial charge in [0.05, 0.1) is 17.9 Å². The number of amides is 1. The number of halogens is 3. The SMILES string of the molecule is CNC(=O)C1=CN2CNC=C2C=C1.O=C(O)C(F)(F)F.